The third-order valence-corrected chi connectivity index (χ3v) is 2.19. The maximum atomic E-state index is 5.46. The highest BCUT2D eigenvalue weighted by molar-refractivity contribution is 14.1. The highest BCUT2D eigenvalue weighted by Gasteiger charge is 2.03. The first-order valence-corrected chi connectivity index (χ1v) is 5.97. The van der Waals surface area contributed by atoms with Crippen LogP contribution in [0.1, 0.15) is 32.6 Å². The molecule has 0 radical (unpaired) electrons. The van der Waals surface area contributed by atoms with Gasteiger partial charge in [-0.3, -0.25) is 0 Å². The van der Waals surface area contributed by atoms with Crippen LogP contribution in [0.4, 0.5) is 0 Å². The molecule has 13 heavy (non-hydrogen) atoms. The van der Waals surface area contributed by atoms with E-state index in [4.69, 9.17) is 9.47 Å². The Hall–Kier alpha value is 0.390. The minimum atomic E-state index is 0.225. The Labute approximate surface area is 94.8 Å². The highest BCUT2D eigenvalue weighted by Crippen LogP contribution is 2.09. The second kappa shape index (κ2) is 10.5. The molecule has 78 valence electrons. The summed E-state index contributed by atoms with van der Waals surface area (Å²) in [5.41, 5.74) is 0. The molecule has 0 spiro atoms. The molecule has 2 nitrogen and oxygen atoms in total. The lowest BCUT2D eigenvalue weighted by molar-refractivity contribution is -0.0579. The molecule has 0 saturated carbocycles. The Morgan fingerprint density at radius 2 is 2.15 bits per heavy atom. The number of unbranched alkanes of at least 4 members (excludes halogenated alkanes) is 2. The van der Waals surface area contributed by atoms with Crippen LogP contribution in [0, 0.1) is 0 Å². The van der Waals surface area contributed by atoms with Crippen molar-refractivity contribution in [1.82, 2.24) is 0 Å². The number of hydrogen-bond acceptors (Lipinski definition) is 2. The average molecular weight is 298 g/mol. The summed E-state index contributed by atoms with van der Waals surface area (Å²) in [5, 5.41) is 0. The van der Waals surface area contributed by atoms with Crippen molar-refractivity contribution >= 4 is 22.6 Å². The van der Waals surface area contributed by atoms with Gasteiger partial charge < -0.3 is 9.47 Å². The fraction of sp³-hybridized carbons (Fsp3) is 0.800. The average Bonchev–Trinajstić information content (AvgIpc) is 2.14. The number of methoxy groups -OCH3 is 1. The van der Waals surface area contributed by atoms with E-state index in [1.165, 1.54) is 19.3 Å². The third kappa shape index (κ3) is 8.71. The highest BCUT2D eigenvalue weighted by atomic mass is 127. The van der Waals surface area contributed by atoms with Crippen LogP contribution in [0.3, 0.4) is 0 Å². The molecule has 0 aliphatic rings. The van der Waals surface area contributed by atoms with Gasteiger partial charge in [-0.25, -0.2) is 0 Å². The zero-order valence-electron chi connectivity index (χ0n) is 8.46. The lowest BCUT2D eigenvalue weighted by Crippen LogP contribution is -2.11. The van der Waals surface area contributed by atoms with Crippen molar-refractivity contribution in [2.24, 2.45) is 0 Å². The van der Waals surface area contributed by atoms with Crippen LogP contribution >= 0.6 is 22.6 Å². The van der Waals surface area contributed by atoms with Crippen LogP contribution in [0.5, 0.6) is 0 Å². The zero-order valence-corrected chi connectivity index (χ0v) is 10.6. The lowest BCUT2D eigenvalue weighted by Gasteiger charge is -2.12. The monoisotopic (exact) mass is 298 g/mol. The summed E-state index contributed by atoms with van der Waals surface area (Å²) in [6.45, 7) is 2.59. The van der Waals surface area contributed by atoms with E-state index in [1.807, 2.05) is 4.08 Å². The third-order valence-electron chi connectivity index (χ3n) is 1.78. The fourth-order valence-corrected chi connectivity index (χ4v) is 1.53. The van der Waals surface area contributed by atoms with Gasteiger partial charge in [-0.2, -0.15) is 0 Å². The van der Waals surface area contributed by atoms with E-state index in [9.17, 15) is 0 Å². The number of hydrogen-bond donors (Lipinski definition) is 0. The van der Waals surface area contributed by atoms with E-state index in [0.717, 1.165) is 6.42 Å². The Morgan fingerprint density at radius 3 is 2.69 bits per heavy atom. The van der Waals surface area contributed by atoms with Gasteiger partial charge in [0.2, 0.25) is 0 Å². The molecule has 3 heteroatoms. The molecule has 0 amide bonds. The minimum Gasteiger partial charge on any atom is -0.359 e. The van der Waals surface area contributed by atoms with Crippen molar-refractivity contribution in [1.29, 1.82) is 0 Å². The molecular weight excluding hydrogens is 279 g/mol. The van der Waals surface area contributed by atoms with Crippen molar-refractivity contribution in [3.05, 3.63) is 10.2 Å². The van der Waals surface area contributed by atoms with Crippen LogP contribution in [-0.4, -0.2) is 20.0 Å². The van der Waals surface area contributed by atoms with Gasteiger partial charge >= 0.3 is 0 Å². The number of rotatable bonds is 8. The molecule has 0 heterocycles. The van der Waals surface area contributed by atoms with Gasteiger partial charge in [0.1, 0.15) is 6.79 Å². The first-order chi connectivity index (χ1) is 6.35. The second-order valence-electron chi connectivity index (χ2n) is 2.93. The molecule has 0 aromatic heterocycles. The van der Waals surface area contributed by atoms with E-state index in [2.05, 4.69) is 35.6 Å². The zero-order chi connectivity index (χ0) is 9.94. The van der Waals surface area contributed by atoms with Gasteiger partial charge in [0.15, 0.2) is 0 Å². The minimum absolute atomic E-state index is 0.225. The predicted molar refractivity (Wildman–Crippen MR) is 64.1 cm³/mol. The summed E-state index contributed by atoms with van der Waals surface area (Å²) >= 11 is 2.21. The number of halogens is 1. The maximum Gasteiger partial charge on any atom is 0.147 e. The smallest absolute Gasteiger partial charge is 0.147 e. The summed E-state index contributed by atoms with van der Waals surface area (Å²) in [7, 11) is 1.65. The SMILES string of the molecule is CCCCC[C@@H](C=CI)OCOC. The molecule has 0 fully saturated rings. The Balaban J connectivity index is 3.54. The van der Waals surface area contributed by atoms with E-state index in [0.29, 0.717) is 6.79 Å². The topological polar surface area (TPSA) is 18.5 Å². The molecule has 0 bridgehead atoms. The van der Waals surface area contributed by atoms with Gasteiger partial charge in [0, 0.05) is 7.11 Å². The number of ether oxygens (including phenoxy) is 2. The van der Waals surface area contributed by atoms with Crippen LogP contribution in [0.25, 0.3) is 0 Å². The molecule has 0 aliphatic carbocycles. The molecule has 0 aliphatic heterocycles. The molecule has 0 N–H and O–H groups in total. The molecular formula is C10H19IO2. The van der Waals surface area contributed by atoms with Crippen molar-refractivity contribution in [2.45, 2.75) is 38.7 Å². The Kier molecular flexibility index (Phi) is 10.8. The Bertz CT molecular complexity index is 126. The molecule has 0 unspecified atom stereocenters. The Morgan fingerprint density at radius 1 is 1.38 bits per heavy atom. The molecule has 0 rings (SSSR count). The summed E-state index contributed by atoms with van der Waals surface area (Å²) in [4.78, 5) is 0. The van der Waals surface area contributed by atoms with Crippen LogP contribution in [0.15, 0.2) is 10.2 Å². The quantitative estimate of drug-likeness (QED) is 0.388. The van der Waals surface area contributed by atoms with Crippen molar-refractivity contribution in [3.8, 4) is 0 Å². The van der Waals surface area contributed by atoms with Crippen molar-refractivity contribution in [3.63, 3.8) is 0 Å². The molecule has 0 aromatic rings. The maximum absolute atomic E-state index is 5.46. The van der Waals surface area contributed by atoms with Crippen molar-refractivity contribution < 1.29 is 9.47 Å². The molecule has 1 atom stereocenters. The van der Waals surface area contributed by atoms with E-state index in [1.54, 1.807) is 7.11 Å². The van der Waals surface area contributed by atoms with Gasteiger partial charge in [-0.05, 0) is 16.6 Å². The van der Waals surface area contributed by atoms with Gasteiger partial charge in [-0.1, -0.05) is 48.8 Å². The second-order valence-corrected chi connectivity index (χ2v) is 3.65. The van der Waals surface area contributed by atoms with Crippen LogP contribution < -0.4 is 0 Å². The van der Waals surface area contributed by atoms with Crippen LogP contribution in [0.2, 0.25) is 0 Å². The summed E-state index contributed by atoms with van der Waals surface area (Å²) in [6, 6.07) is 0. The largest absolute Gasteiger partial charge is 0.359 e. The fourth-order valence-electron chi connectivity index (χ4n) is 1.07. The summed E-state index contributed by atoms with van der Waals surface area (Å²) < 4.78 is 12.3. The van der Waals surface area contributed by atoms with Gasteiger partial charge in [0.05, 0.1) is 6.10 Å². The van der Waals surface area contributed by atoms with E-state index >= 15 is 0 Å². The lowest BCUT2D eigenvalue weighted by atomic mass is 10.1. The predicted octanol–water partition coefficient (Wildman–Crippen LogP) is 3.50. The molecule has 0 saturated heterocycles. The van der Waals surface area contributed by atoms with E-state index < -0.39 is 0 Å². The van der Waals surface area contributed by atoms with Gasteiger partial charge in [-0.15, -0.1) is 0 Å². The summed E-state index contributed by atoms with van der Waals surface area (Å²) in [6.07, 6.45) is 7.16. The summed E-state index contributed by atoms with van der Waals surface area (Å²) in [5.74, 6) is 0. The first kappa shape index (κ1) is 13.4. The van der Waals surface area contributed by atoms with Crippen LogP contribution in [-0.2, 0) is 9.47 Å². The van der Waals surface area contributed by atoms with E-state index in [-0.39, 0.29) is 6.10 Å². The normalized spacial score (nSPS) is 13.8. The first-order valence-electron chi connectivity index (χ1n) is 4.72. The van der Waals surface area contributed by atoms with Crippen molar-refractivity contribution in [2.75, 3.05) is 13.9 Å². The standard InChI is InChI=1S/C10H19IO2/c1-3-4-5-6-10(7-8-11)13-9-12-2/h7-8,10H,3-6,9H2,1-2H3/t10-/m0/s1. The van der Waals surface area contributed by atoms with Gasteiger partial charge in [0.25, 0.3) is 0 Å². The molecule has 0 aromatic carbocycles.